The van der Waals surface area contributed by atoms with Crippen molar-refractivity contribution in [1.29, 1.82) is 0 Å². The Morgan fingerprint density at radius 1 is 1.18 bits per heavy atom. The summed E-state index contributed by atoms with van der Waals surface area (Å²) >= 11 is 0. The van der Waals surface area contributed by atoms with Gasteiger partial charge in [-0.1, -0.05) is 0 Å². The van der Waals surface area contributed by atoms with E-state index in [2.05, 4.69) is 15.3 Å². The van der Waals surface area contributed by atoms with Crippen LogP contribution in [0.4, 0.5) is 17.2 Å². The van der Waals surface area contributed by atoms with Crippen LogP contribution < -0.4 is 15.8 Å². The van der Waals surface area contributed by atoms with E-state index in [0.717, 1.165) is 11.4 Å². The Bertz CT molecular complexity index is 510. The van der Waals surface area contributed by atoms with E-state index in [0.29, 0.717) is 17.5 Å². The number of aryl methyl sites for hydroxylation is 1. The summed E-state index contributed by atoms with van der Waals surface area (Å²) in [7, 11) is 1.58. The lowest BCUT2D eigenvalue weighted by Gasteiger charge is -2.08. The van der Waals surface area contributed by atoms with Gasteiger partial charge in [0.05, 0.1) is 7.11 Å². The number of benzene rings is 1. The molecule has 1 heterocycles. The zero-order valence-corrected chi connectivity index (χ0v) is 9.77. The average Bonchev–Trinajstić information content (AvgIpc) is 2.31. The van der Waals surface area contributed by atoms with Crippen molar-refractivity contribution in [3.8, 4) is 5.88 Å². The van der Waals surface area contributed by atoms with Crippen LogP contribution in [0.15, 0.2) is 30.3 Å². The highest BCUT2D eigenvalue weighted by Crippen LogP contribution is 2.19. The first-order valence-electron chi connectivity index (χ1n) is 5.19. The van der Waals surface area contributed by atoms with Gasteiger partial charge in [-0.15, -0.1) is 0 Å². The highest BCUT2D eigenvalue weighted by atomic mass is 16.5. The minimum Gasteiger partial charge on any atom is -0.481 e. The van der Waals surface area contributed by atoms with Crippen molar-refractivity contribution in [2.45, 2.75) is 6.92 Å². The van der Waals surface area contributed by atoms with Gasteiger partial charge in [0.15, 0.2) is 0 Å². The van der Waals surface area contributed by atoms with Crippen LogP contribution in [-0.2, 0) is 0 Å². The van der Waals surface area contributed by atoms with Crippen LogP contribution in [0.3, 0.4) is 0 Å². The zero-order valence-electron chi connectivity index (χ0n) is 9.77. The van der Waals surface area contributed by atoms with Gasteiger partial charge in [0.2, 0.25) is 5.88 Å². The molecular weight excluding hydrogens is 216 g/mol. The molecule has 0 saturated carbocycles. The molecule has 17 heavy (non-hydrogen) atoms. The minimum atomic E-state index is 0.537. The highest BCUT2D eigenvalue weighted by Gasteiger charge is 2.02. The number of nitrogen functional groups attached to an aromatic ring is 1. The molecule has 2 aromatic rings. The van der Waals surface area contributed by atoms with Gasteiger partial charge in [0, 0.05) is 17.4 Å². The van der Waals surface area contributed by atoms with Crippen molar-refractivity contribution in [2.75, 3.05) is 18.2 Å². The van der Waals surface area contributed by atoms with Crippen molar-refractivity contribution in [1.82, 2.24) is 9.97 Å². The second-order valence-electron chi connectivity index (χ2n) is 3.59. The van der Waals surface area contributed by atoms with Gasteiger partial charge < -0.3 is 15.8 Å². The molecule has 1 aromatic carbocycles. The minimum absolute atomic E-state index is 0.537. The van der Waals surface area contributed by atoms with Crippen molar-refractivity contribution < 1.29 is 4.74 Å². The van der Waals surface area contributed by atoms with Gasteiger partial charge in [0.1, 0.15) is 11.6 Å². The van der Waals surface area contributed by atoms with Crippen LogP contribution in [0.25, 0.3) is 0 Å². The topological polar surface area (TPSA) is 73.1 Å². The number of aromatic nitrogens is 2. The Kier molecular flexibility index (Phi) is 3.09. The number of ether oxygens (including phenoxy) is 1. The van der Waals surface area contributed by atoms with E-state index in [-0.39, 0.29) is 0 Å². The number of nitrogens with zero attached hydrogens (tertiary/aromatic N) is 2. The van der Waals surface area contributed by atoms with E-state index >= 15 is 0 Å². The number of nitrogens with one attached hydrogen (secondary N) is 1. The predicted octanol–water partition coefficient (Wildman–Crippen LogP) is 2.12. The fourth-order valence-corrected chi connectivity index (χ4v) is 1.42. The second kappa shape index (κ2) is 4.69. The molecule has 0 unspecified atom stereocenters. The van der Waals surface area contributed by atoms with Gasteiger partial charge in [-0.2, -0.15) is 4.98 Å². The van der Waals surface area contributed by atoms with Crippen LogP contribution >= 0.6 is 0 Å². The van der Waals surface area contributed by atoms with Crippen LogP contribution in [0.2, 0.25) is 0 Å². The largest absolute Gasteiger partial charge is 0.481 e. The van der Waals surface area contributed by atoms with Crippen molar-refractivity contribution >= 4 is 17.2 Å². The molecule has 0 saturated heterocycles. The molecule has 88 valence electrons. The number of anilines is 3. The van der Waals surface area contributed by atoms with Gasteiger partial charge in [-0.05, 0) is 31.2 Å². The lowest BCUT2D eigenvalue weighted by molar-refractivity contribution is 0.396. The average molecular weight is 230 g/mol. The Labute approximate surface area is 99.7 Å². The lowest BCUT2D eigenvalue weighted by atomic mass is 10.3. The molecule has 0 bridgehead atoms. The van der Waals surface area contributed by atoms with Crippen LogP contribution in [-0.4, -0.2) is 17.1 Å². The normalized spacial score (nSPS) is 10.0. The molecule has 0 amide bonds. The monoisotopic (exact) mass is 230 g/mol. The molecule has 3 N–H and O–H groups in total. The molecule has 0 aliphatic heterocycles. The number of hydrogen-bond donors (Lipinski definition) is 2. The Morgan fingerprint density at radius 2 is 1.88 bits per heavy atom. The summed E-state index contributed by atoms with van der Waals surface area (Å²) < 4.78 is 5.08. The Morgan fingerprint density at radius 3 is 2.53 bits per heavy atom. The smallest absolute Gasteiger partial charge is 0.218 e. The summed E-state index contributed by atoms with van der Waals surface area (Å²) in [5.74, 6) is 1.89. The lowest BCUT2D eigenvalue weighted by Crippen LogP contribution is -1.99. The maximum Gasteiger partial charge on any atom is 0.218 e. The summed E-state index contributed by atoms with van der Waals surface area (Å²) in [6.07, 6.45) is 0. The molecule has 0 radical (unpaired) electrons. The molecule has 0 aliphatic carbocycles. The third-order valence-corrected chi connectivity index (χ3v) is 2.21. The Hall–Kier alpha value is -2.30. The fraction of sp³-hybridized carbons (Fsp3) is 0.167. The zero-order chi connectivity index (χ0) is 12.3. The van der Waals surface area contributed by atoms with E-state index in [4.69, 9.17) is 10.5 Å². The number of nitrogens with two attached hydrogens (primary N) is 1. The molecule has 0 aliphatic rings. The molecule has 1 aromatic heterocycles. The van der Waals surface area contributed by atoms with Crippen LogP contribution in [0.1, 0.15) is 5.82 Å². The van der Waals surface area contributed by atoms with E-state index in [1.807, 2.05) is 31.2 Å². The van der Waals surface area contributed by atoms with E-state index in [1.165, 1.54) is 0 Å². The van der Waals surface area contributed by atoms with Crippen molar-refractivity contribution in [3.05, 3.63) is 36.2 Å². The molecule has 0 atom stereocenters. The number of hydrogen-bond acceptors (Lipinski definition) is 5. The maximum atomic E-state index is 5.62. The first-order chi connectivity index (χ1) is 8.17. The van der Waals surface area contributed by atoms with E-state index in [1.54, 1.807) is 13.2 Å². The van der Waals surface area contributed by atoms with Crippen LogP contribution in [0, 0.1) is 6.92 Å². The molecule has 2 rings (SSSR count). The van der Waals surface area contributed by atoms with Gasteiger partial charge >= 0.3 is 0 Å². The fourth-order valence-electron chi connectivity index (χ4n) is 1.42. The maximum absolute atomic E-state index is 5.62. The summed E-state index contributed by atoms with van der Waals surface area (Å²) in [6.45, 7) is 1.82. The first kappa shape index (κ1) is 11.2. The summed E-state index contributed by atoms with van der Waals surface area (Å²) in [4.78, 5) is 8.38. The summed E-state index contributed by atoms with van der Waals surface area (Å²) in [6, 6.07) is 9.17. The predicted molar refractivity (Wildman–Crippen MR) is 67.5 cm³/mol. The van der Waals surface area contributed by atoms with Gasteiger partial charge in [-0.3, -0.25) is 0 Å². The summed E-state index contributed by atoms with van der Waals surface area (Å²) in [5.41, 5.74) is 7.26. The van der Waals surface area contributed by atoms with E-state index in [9.17, 15) is 0 Å². The molecule has 0 spiro atoms. The molecule has 5 heteroatoms. The second-order valence-corrected chi connectivity index (χ2v) is 3.59. The number of rotatable bonds is 3. The molecular formula is C12H14N4O. The van der Waals surface area contributed by atoms with Crippen molar-refractivity contribution in [3.63, 3.8) is 0 Å². The SMILES string of the molecule is COc1cc(Nc2ccc(N)cc2)nc(C)n1. The molecule has 0 fully saturated rings. The van der Waals surface area contributed by atoms with Gasteiger partial charge in [-0.25, -0.2) is 4.98 Å². The third kappa shape index (κ3) is 2.84. The van der Waals surface area contributed by atoms with E-state index < -0.39 is 0 Å². The van der Waals surface area contributed by atoms with Crippen LogP contribution in [0.5, 0.6) is 5.88 Å². The standard InChI is InChI=1S/C12H14N4O/c1-8-14-11(7-12(15-8)17-2)16-10-5-3-9(13)4-6-10/h3-7H,13H2,1-2H3,(H,14,15,16). The quantitative estimate of drug-likeness (QED) is 0.790. The van der Waals surface area contributed by atoms with Gasteiger partial charge in [0.25, 0.3) is 0 Å². The third-order valence-electron chi connectivity index (χ3n) is 2.21. The van der Waals surface area contributed by atoms with Crippen molar-refractivity contribution in [2.24, 2.45) is 0 Å². The summed E-state index contributed by atoms with van der Waals surface area (Å²) in [5, 5.41) is 3.16. The first-order valence-corrected chi connectivity index (χ1v) is 5.19. The highest BCUT2D eigenvalue weighted by molar-refractivity contribution is 5.59. The number of methoxy groups -OCH3 is 1. The Balaban J connectivity index is 2.23. The molecule has 5 nitrogen and oxygen atoms in total.